The van der Waals surface area contributed by atoms with Crippen LogP contribution in [0.15, 0.2) is 4.90 Å². The average Bonchev–Trinajstić information content (AvgIpc) is 2.59. The molecule has 1 fully saturated rings. The SMILES string of the molecule is Cc1c(C)c(C)c(S(=O)(=O)NCCC(=O)N[C@H]2CCCNC2)c(C)c1C.Cl. The maximum Gasteiger partial charge on any atom is 0.241 e. The molecule has 0 spiro atoms. The number of benzene rings is 1. The number of hydrogen-bond donors (Lipinski definition) is 3. The molecule has 154 valence electrons. The fourth-order valence-corrected chi connectivity index (χ4v) is 5.14. The molecule has 1 aromatic carbocycles. The van der Waals surface area contributed by atoms with E-state index in [4.69, 9.17) is 0 Å². The minimum Gasteiger partial charge on any atom is -0.352 e. The molecule has 1 aliphatic rings. The van der Waals surface area contributed by atoms with Crippen molar-refractivity contribution in [2.45, 2.75) is 64.8 Å². The Hall–Kier alpha value is -1.15. The van der Waals surface area contributed by atoms with Crippen molar-refractivity contribution in [1.82, 2.24) is 15.4 Å². The van der Waals surface area contributed by atoms with Crippen LogP contribution in [0, 0.1) is 34.6 Å². The molecular weight excluding hydrogens is 386 g/mol. The molecule has 1 aliphatic heterocycles. The van der Waals surface area contributed by atoms with Gasteiger partial charge in [0.25, 0.3) is 0 Å². The zero-order valence-corrected chi connectivity index (χ0v) is 18.5. The molecule has 0 aliphatic carbocycles. The van der Waals surface area contributed by atoms with Gasteiger partial charge in [-0.05, 0) is 81.8 Å². The summed E-state index contributed by atoms with van der Waals surface area (Å²) < 4.78 is 28.2. The number of hydrogen-bond acceptors (Lipinski definition) is 4. The minimum absolute atomic E-state index is 0. The van der Waals surface area contributed by atoms with Crippen LogP contribution in [0.4, 0.5) is 0 Å². The lowest BCUT2D eigenvalue weighted by Gasteiger charge is -2.23. The third-order valence-electron chi connectivity index (χ3n) is 5.51. The molecule has 0 unspecified atom stereocenters. The molecule has 6 nitrogen and oxygen atoms in total. The van der Waals surface area contributed by atoms with Crippen LogP contribution in [0.5, 0.6) is 0 Å². The molecule has 2 rings (SSSR count). The predicted octanol–water partition coefficient (Wildman–Crippen LogP) is 2.19. The number of carbonyl (C=O) groups is 1. The first-order chi connectivity index (χ1) is 12.1. The molecule has 1 atom stereocenters. The second-order valence-corrected chi connectivity index (χ2v) is 8.92. The summed E-state index contributed by atoms with van der Waals surface area (Å²) in [6, 6.07) is 0.139. The molecule has 1 aromatic rings. The number of halogens is 1. The summed E-state index contributed by atoms with van der Waals surface area (Å²) >= 11 is 0. The maximum absolute atomic E-state index is 12.8. The van der Waals surface area contributed by atoms with Crippen LogP contribution in [-0.4, -0.2) is 40.0 Å². The van der Waals surface area contributed by atoms with Crippen molar-refractivity contribution in [2.24, 2.45) is 0 Å². The van der Waals surface area contributed by atoms with Crippen molar-refractivity contribution in [3.8, 4) is 0 Å². The molecule has 0 aromatic heterocycles. The molecule has 27 heavy (non-hydrogen) atoms. The summed E-state index contributed by atoms with van der Waals surface area (Å²) in [6.07, 6.45) is 2.14. The van der Waals surface area contributed by atoms with Crippen LogP contribution < -0.4 is 15.4 Å². The molecule has 0 bridgehead atoms. The summed E-state index contributed by atoms with van der Waals surface area (Å²) in [5.74, 6) is -0.119. The van der Waals surface area contributed by atoms with E-state index in [0.29, 0.717) is 4.90 Å². The van der Waals surface area contributed by atoms with Gasteiger partial charge in [-0.3, -0.25) is 4.79 Å². The molecule has 1 amide bonds. The number of carbonyl (C=O) groups excluding carboxylic acids is 1. The van der Waals surface area contributed by atoms with Crippen molar-refractivity contribution in [2.75, 3.05) is 19.6 Å². The van der Waals surface area contributed by atoms with Crippen LogP contribution >= 0.6 is 12.4 Å². The molecule has 1 heterocycles. The number of rotatable bonds is 6. The highest BCUT2D eigenvalue weighted by molar-refractivity contribution is 7.89. The van der Waals surface area contributed by atoms with Crippen molar-refractivity contribution < 1.29 is 13.2 Å². The Morgan fingerprint density at radius 3 is 2.11 bits per heavy atom. The second kappa shape index (κ2) is 9.87. The first-order valence-corrected chi connectivity index (χ1v) is 10.7. The van der Waals surface area contributed by atoms with Crippen molar-refractivity contribution in [1.29, 1.82) is 0 Å². The van der Waals surface area contributed by atoms with Gasteiger partial charge in [-0.15, -0.1) is 12.4 Å². The third-order valence-corrected chi connectivity index (χ3v) is 7.24. The van der Waals surface area contributed by atoms with Crippen LogP contribution in [0.1, 0.15) is 47.1 Å². The number of piperidine rings is 1. The van der Waals surface area contributed by atoms with Gasteiger partial charge in [-0.25, -0.2) is 13.1 Å². The van der Waals surface area contributed by atoms with Crippen molar-refractivity contribution in [3.63, 3.8) is 0 Å². The molecule has 8 heteroatoms. The quantitative estimate of drug-likeness (QED) is 0.662. The summed E-state index contributed by atoms with van der Waals surface area (Å²) in [5.41, 5.74) is 4.66. The van der Waals surface area contributed by atoms with Crippen LogP contribution in [0.3, 0.4) is 0 Å². The van der Waals surface area contributed by atoms with Gasteiger partial charge in [-0.2, -0.15) is 0 Å². The second-order valence-electron chi connectivity index (χ2n) is 7.21. The highest BCUT2D eigenvalue weighted by Gasteiger charge is 2.23. The van der Waals surface area contributed by atoms with Gasteiger partial charge >= 0.3 is 0 Å². The van der Waals surface area contributed by atoms with Gasteiger partial charge in [0.15, 0.2) is 0 Å². The van der Waals surface area contributed by atoms with E-state index in [1.54, 1.807) is 0 Å². The van der Waals surface area contributed by atoms with Crippen LogP contribution in [0.2, 0.25) is 0 Å². The highest BCUT2D eigenvalue weighted by atomic mass is 35.5. The fraction of sp³-hybridized carbons (Fsp3) is 0.632. The molecule has 0 saturated carbocycles. The van der Waals surface area contributed by atoms with Gasteiger partial charge in [-0.1, -0.05) is 0 Å². The largest absolute Gasteiger partial charge is 0.352 e. The summed E-state index contributed by atoms with van der Waals surface area (Å²) in [5, 5.41) is 6.20. The van der Waals surface area contributed by atoms with E-state index >= 15 is 0 Å². The van der Waals surface area contributed by atoms with E-state index in [1.807, 2.05) is 34.6 Å². The number of sulfonamides is 1. The Morgan fingerprint density at radius 2 is 1.59 bits per heavy atom. The third kappa shape index (κ3) is 5.67. The Morgan fingerprint density at radius 1 is 1.04 bits per heavy atom. The van der Waals surface area contributed by atoms with Gasteiger partial charge in [0.05, 0.1) is 4.90 Å². The zero-order chi connectivity index (χ0) is 19.5. The van der Waals surface area contributed by atoms with Gasteiger partial charge in [0, 0.05) is 25.6 Å². The van der Waals surface area contributed by atoms with E-state index < -0.39 is 10.0 Å². The van der Waals surface area contributed by atoms with Gasteiger partial charge in [0.2, 0.25) is 15.9 Å². The fourth-order valence-electron chi connectivity index (χ4n) is 3.51. The lowest BCUT2D eigenvalue weighted by molar-refractivity contribution is -0.121. The monoisotopic (exact) mass is 417 g/mol. The molecule has 3 N–H and O–H groups in total. The van der Waals surface area contributed by atoms with E-state index in [1.165, 1.54) is 0 Å². The van der Waals surface area contributed by atoms with Gasteiger partial charge in [0.1, 0.15) is 0 Å². The molecular formula is C19H32ClN3O3S. The standard InChI is InChI=1S/C19H31N3O3S.ClH/c1-12-13(2)15(4)19(16(5)14(12)3)26(24,25)21-10-8-18(23)22-17-7-6-9-20-11-17;/h17,20-21H,6-11H2,1-5H3,(H,22,23);1H/t17-;/m0./s1. The summed E-state index contributed by atoms with van der Waals surface area (Å²) in [6.45, 7) is 11.4. The van der Waals surface area contributed by atoms with E-state index in [2.05, 4.69) is 15.4 Å². The topological polar surface area (TPSA) is 87.3 Å². The Labute approximate surface area is 169 Å². The normalized spacial score (nSPS) is 17.3. The zero-order valence-electron chi connectivity index (χ0n) is 16.9. The lowest BCUT2D eigenvalue weighted by atomic mass is 9.95. The van der Waals surface area contributed by atoms with E-state index in [9.17, 15) is 13.2 Å². The summed E-state index contributed by atoms with van der Waals surface area (Å²) in [7, 11) is -3.65. The van der Waals surface area contributed by atoms with Crippen LogP contribution in [-0.2, 0) is 14.8 Å². The Kier molecular flexibility index (Phi) is 8.73. The Balaban J connectivity index is 0.00000364. The predicted molar refractivity (Wildman–Crippen MR) is 111 cm³/mol. The first-order valence-electron chi connectivity index (χ1n) is 9.22. The number of amides is 1. The average molecular weight is 418 g/mol. The highest BCUT2D eigenvalue weighted by Crippen LogP contribution is 2.29. The van der Waals surface area contributed by atoms with E-state index in [-0.39, 0.29) is 37.3 Å². The van der Waals surface area contributed by atoms with Crippen molar-refractivity contribution in [3.05, 3.63) is 27.8 Å². The van der Waals surface area contributed by atoms with Crippen molar-refractivity contribution >= 4 is 28.3 Å². The first kappa shape index (κ1) is 23.9. The minimum atomic E-state index is -3.65. The van der Waals surface area contributed by atoms with Crippen LogP contribution in [0.25, 0.3) is 0 Å². The van der Waals surface area contributed by atoms with E-state index in [0.717, 1.165) is 53.7 Å². The Bertz CT molecular complexity index is 759. The molecule has 1 saturated heterocycles. The maximum atomic E-state index is 12.8. The number of nitrogens with one attached hydrogen (secondary N) is 3. The molecule has 0 radical (unpaired) electrons. The van der Waals surface area contributed by atoms with Gasteiger partial charge < -0.3 is 10.6 Å². The summed E-state index contributed by atoms with van der Waals surface area (Å²) in [4.78, 5) is 12.4. The smallest absolute Gasteiger partial charge is 0.241 e. The lowest BCUT2D eigenvalue weighted by Crippen LogP contribution is -2.46.